The van der Waals surface area contributed by atoms with Crippen molar-refractivity contribution < 1.29 is 4.74 Å². The normalized spacial score (nSPS) is 10.9. The number of hydrogen-bond donors (Lipinski definition) is 1. The fourth-order valence-electron chi connectivity index (χ4n) is 1.31. The molecule has 0 spiro atoms. The van der Waals surface area contributed by atoms with Crippen molar-refractivity contribution in [2.75, 3.05) is 13.2 Å². The number of pyridine rings is 1. The molecule has 84 valence electrons. The third-order valence-electron chi connectivity index (χ3n) is 2.00. The van der Waals surface area contributed by atoms with Gasteiger partial charge in [-0.05, 0) is 18.1 Å². The van der Waals surface area contributed by atoms with Gasteiger partial charge in [0.25, 0.3) is 0 Å². The van der Waals surface area contributed by atoms with E-state index in [1.807, 2.05) is 19.3 Å². The zero-order valence-corrected chi connectivity index (χ0v) is 9.79. The quantitative estimate of drug-likeness (QED) is 0.725. The summed E-state index contributed by atoms with van der Waals surface area (Å²) in [4.78, 5) is 4.12. The van der Waals surface area contributed by atoms with Crippen molar-refractivity contribution in [2.24, 2.45) is 0 Å². The molecule has 0 saturated heterocycles. The molecule has 15 heavy (non-hydrogen) atoms. The summed E-state index contributed by atoms with van der Waals surface area (Å²) in [6.07, 6.45) is 3.70. The molecule has 3 heteroatoms. The van der Waals surface area contributed by atoms with Crippen molar-refractivity contribution in [1.82, 2.24) is 10.3 Å². The summed E-state index contributed by atoms with van der Waals surface area (Å²) in [6.45, 7) is 8.59. The molecule has 1 heterocycles. The Labute approximate surface area is 91.9 Å². The van der Waals surface area contributed by atoms with Gasteiger partial charge >= 0.3 is 0 Å². The van der Waals surface area contributed by atoms with Crippen LogP contribution < -0.4 is 5.32 Å². The van der Waals surface area contributed by atoms with Gasteiger partial charge in [-0.2, -0.15) is 0 Å². The lowest BCUT2D eigenvalue weighted by molar-refractivity contribution is 0.121. The van der Waals surface area contributed by atoms with E-state index in [1.54, 1.807) is 0 Å². The zero-order chi connectivity index (χ0) is 11.1. The van der Waals surface area contributed by atoms with Gasteiger partial charge in [0.15, 0.2) is 0 Å². The molecule has 0 fully saturated rings. The molecule has 1 aromatic heterocycles. The van der Waals surface area contributed by atoms with E-state index in [4.69, 9.17) is 4.74 Å². The van der Waals surface area contributed by atoms with Gasteiger partial charge in [-0.15, -0.1) is 0 Å². The van der Waals surface area contributed by atoms with Gasteiger partial charge in [0.05, 0.1) is 13.2 Å². The van der Waals surface area contributed by atoms with Crippen molar-refractivity contribution >= 4 is 0 Å². The second kappa shape index (κ2) is 6.53. The average molecular weight is 208 g/mol. The van der Waals surface area contributed by atoms with E-state index >= 15 is 0 Å². The van der Waals surface area contributed by atoms with Crippen LogP contribution in [0.15, 0.2) is 18.5 Å². The van der Waals surface area contributed by atoms with Gasteiger partial charge in [-0.25, -0.2) is 0 Å². The summed E-state index contributed by atoms with van der Waals surface area (Å²) in [6, 6.07) is 2.62. The molecular formula is C12H20N2O. The zero-order valence-electron chi connectivity index (χ0n) is 9.79. The predicted molar refractivity (Wildman–Crippen MR) is 61.8 cm³/mol. The molecule has 0 unspecified atom stereocenters. The number of aromatic nitrogens is 1. The summed E-state index contributed by atoms with van der Waals surface area (Å²) < 4.78 is 5.52. The average Bonchev–Trinajstić information content (AvgIpc) is 2.17. The van der Waals surface area contributed by atoms with Crippen LogP contribution in [0.2, 0.25) is 0 Å². The van der Waals surface area contributed by atoms with Crippen molar-refractivity contribution in [2.45, 2.75) is 33.4 Å². The minimum absolute atomic E-state index is 0.522. The Bertz CT molecular complexity index is 287. The summed E-state index contributed by atoms with van der Waals surface area (Å²) in [5.41, 5.74) is 2.32. The van der Waals surface area contributed by atoms with Gasteiger partial charge in [0, 0.05) is 25.0 Å². The molecule has 1 aromatic rings. The summed E-state index contributed by atoms with van der Waals surface area (Å²) in [5, 5.41) is 3.30. The Hall–Kier alpha value is -0.930. The maximum Gasteiger partial charge on any atom is 0.0732 e. The molecule has 0 saturated carbocycles. The first-order valence-electron chi connectivity index (χ1n) is 5.40. The first-order chi connectivity index (χ1) is 7.18. The largest absolute Gasteiger partial charge is 0.375 e. The van der Waals surface area contributed by atoms with Crippen LogP contribution in [-0.2, 0) is 11.3 Å². The van der Waals surface area contributed by atoms with E-state index in [0.29, 0.717) is 12.6 Å². The van der Waals surface area contributed by atoms with Crippen LogP contribution in [0.5, 0.6) is 0 Å². The van der Waals surface area contributed by atoms with Crippen LogP contribution >= 0.6 is 0 Å². The first-order valence-corrected chi connectivity index (χ1v) is 5.40. The highest BCUT2D eigenvalue weighted by Crippen LogP contribution is 2.02. The lowest BCUT2D eigenvalue weighted by Crippen LogP contribution is -2.26. The van der Waals surface area contributed by atoms with E-state index in [0.717, 1.165) is 18.7 Å². The van der Waals surface area contributed by atoms with E-state index in [-0.39, 0.29) is 0 Å². The number of aryl methyl sites for hydroxylation is 1. The Morgan fingerprint density at radius 3 is 2.87 bits per heavy atom. The van der Waals surface area contributed by atoms with Crippen LogP contribution in [0.25, 0.3) is 0 Å². The molecule has 1 N–H and O–H groups in total. The number of rotatable bonds is 6. The van der Waals surface area contributed by atoms with Gasteiger partial charge in [0.2, 0.25) is 0 Å². The smallest absolute Gasteiger partial charge is 0.0732 e. The fourth-order valence-corrected chi connectivity index (χ4v) is 1.31. The highest BCUT2D eigenvalue weighted by Gasteiger charge is 1.95. The maximum atomic E-state index is 5.52. The minimum atomic E-state index is 0.522. The molecule has 0 bridgehead atoms. The second-order valence-electron chi connectivity index (χ2n) is 4.03. The number of ether oxygens (including phenoxy) is 1. The van der Waals surface area contributed by atoms with Crippen LogP contribution in [-0.4, -0.2) is 24.2 Å². The van der Waals surface area contributed by atoms with Crippen LogP contribution in [0.4, 0.5) is 0 Å². The molecule has 0 radical (unpaired) electrons. The molecule has 0 aliphatic heterocycles. The maximum absolute atomic E-state index is 5.52. The molecule has 0 atom stereocenters. The molecule has 0 aliphatic rings. The highest BCUT2D eigenvalue weighted by molar-refractivity contribution is 5.15. The molecule has 1 rings (SSSR count). The van der Waals surface area contributed by atoms with E-state index in [2.05, 4.69) is 30.2 Å². The second-order valence-corrected chi connectivity index (χ2v) is 4.03. The monoisotopic (exact) mass is 208 g/mol. The number of nitrogens with zero attached hydrogens (tertiary/aromatic N) is 1. The third kappa shape index (κ3) is 5.50. The van der Waals surface area contributed by atoms with Crippen molar-refractivity contribution in [3.05, 3.63) is 29.6 Å². The summed E-state index contributed by atoms with van der Waals surface area (Å²) in [5.74, 6) is 0. The van der Waals surface area contributed by atoms with Crippen molar-refractivity contribution in [1.29, 1.82) is 0 Å². The highest BCUT2D eigenvalue weighted by atomic mass is 16.5. The van der Waals surface area contributed by atoms with Gasteiger partial charge in [-0.3, -0.25) is 4.98 Å². The Morgan fingerprint density at radius 2 is 2.20 bits per heavy atom. The number of hydrogen-bond acceptors (Lipinski definition) is 3. The Balaban J connectivity index is 2.15. The topological polar surface area (TPSA) is 34.1 Å². The van der Waals surface area contributed by atoms with Crippen LogP contribution in [0, 0.1) is 6.92 Å². The van der Waals surface area contributed by atoms with E-state index < -0.39 is 0 Å². The lowest BCUT2D eigenvalue weighted by Gasteiger charge is -2.08. The van der Waals surface area contributed by atoms with E-state index in [9.17, 15) is 0 Å². The van der Waals surface area contributed by atoms with Crippen LogP contribution in [0.1, 0.15) is 25.0 Å². The van der Waals surface area contributed by atoms with Gasteiger partial charge in [0.1, 0.15) is 0 Å². The minimum Gasteiger partial charge on any atom is -0.375 e. The Kier molecular flexibility index (Phi) is 5.29. The Morgan fingerprint density at radius 1 is 1.40 bits per heavy atom. The molecule has 0 amide bonds. The van der Waals surface area contributed by atoms with Crippen molar-refractivity contribution in [3.63, 3.8) is 0 Å². The van der Waals surface area contributed by atoms with Gasteiger partial charge in [-0.1, -0.05) is 19.9 Å². The van der Waals surface area contributed by atoms with Crippen LogP contribution in [0.3, 0.4) is 0 Å². The van der Waals surface area contributed by atoms with E-state index in [1.165, 1.54) is 5.56 Å². The molecular weight excluding hydrogens is 188 g/mol. The number of nitrogens with one attached hydrogen (secondary N) is 1. The SMILES string of the molecule is Cc1cncc(COCCNC(C)C)c1. The van der Waals surface area contributed by atoms with Crippen molar-refractivity contribution in [3.8, 4) is 0 Å². The standard InChI is InChI=1S/C12H20N2O/c1-10(2)14-4-5-15-9-12-6-11(3)7-13-8-12/h6-8,10,14H,4-5,9H2,1-3H3. The summed E-state index contributed by atoms with van der Waals surface area (Å²) in [7, 11) is 0. The predicted octanol–water partition coefficient (Wildman–Crippen LogP) is 1.90. The molecule has 0 aliphatic carbocycles. The first kappa shape index (κ1) is 12.1. The fraction of sp³-hybridized carbons (Fsp3) is 0.583. The molecule has 3 nitrogen and oxygen atoms in total. The summed E-state index contributed by atoms with van der Waals surface area (Å²) >= 11 is 0. The molecule has 0 aromatic carbocycles. The lowest BCUT2D eigenvalue weighted by atomic mass is 10.2. The van der Waals surface area contributed by atoms with Gasteiger partial charge < -0.3 is 10.1 Å². The third-order valence-corrected chi connectivity index (χ3v) is 2.00.